The van der Waals surface area contributed by atoms with Gasteiger partial charge in [0.2, 0.25) is 5.91 Å². The van der Waals surface area contributed by atoms with Crippen LogP contribution in [0.3, 0.4) is 0 Å². The van der Waals surface area contributed by atoms with E-state index in [1.54, 1.807) is 60.8 Å². The van der Waals surface area contributed by atoms with Gasteiger partial charge in [0.1, 0.15) is 5.69 Å². The van der Waals surface area contributed by atoms with E-state index in [-0.39, 0.29) is 22.5 Å². The van der Waals surface area contributed by atoms with E-state index in [0.717, 1.165) is 16.7 Å². The van der Waals surface area contributed by atoms with E-state index in [1.165, 1.54) is 10.9 Å². The van der Waals surface area contributed by atoms with Crippen LogP contribution in [0.4, 0.5) is 16.2 Å². The van der Waals surface area contributed by atoms with E-state index in [1.807, 2.05) is 61.1 Å². The molecule has 0 saturated carbocycles. The van der Waals surface area contributed by atoms with E-state index in [2.05, 4.69) is 20.9 Å². The second kappa shape index (κ2) is 12.9. The molecular weight excluding hydrogens is 614 g/mol. The van der Waals surface area contributed by atoms with Crippen molar-refractivity contribution in [1.82, 2.24) is 24.1 Å². The smallest absolute Gasteiger partial charge is 0.319 e. The normalized spacial score (nSPS) is 11.4. The van der Waals surface area contributed by atoms with Gasteiger partial charge in [-0.05, 0) is 67.9 Å². The molecule has 3 amide bonds. The first kappa shape index (κ1) is 31.2. The minimum atomic E-state index is -4.11. The van der Waals surface area contributed by atoms with Gasteiger partial charge in [0, 0.05) is 65.9 Å². The topological polar surface area (TPSA) is 140 Å². The van der Waals surface area contributed by atoms with Crippen molar-refractivity contribution in [3.05, 3.63) is 103 Å². The molecule has 3 aromatic heterocycles. The van der Waals surface area contributed by atoms with Gasteiger partial charge in [-0.15, -0.1) is 0 Å². The molecule has 3 heterocycles. The third-order valence-corrected chi connectivity index (χ3v) is 9.27. The molecule has 12 heteroatoms. The number of nitrogens with zero attached hydrogens (tertiary/aromatic N) is 4. The third-order valence-electron chi connectivity index (χ3n) is 7.55. The van der Waals surface area contributed by atoms with Crippen LogP contribution >= 0.6 is 0 Å². The van der Waals surface area contributed by atoms with E-state index in [0.29, 0.717) is 46.8 Å². The number of amides is 3. The number of aryl methyl sites for hydroxylation is 1. The van der Waals surface area contributed by atoms with E-state index < -0.39 is 10.0 Å². The SMILES string of the molecule is CCNC(=O)Nc1ccc(-c2nn(CC)cc2-c2ccnc3c2cc(-c2cccc(NC(C)=O)c2)n3S(=O)(=O)c2ccccc2)cc1. The molecule has 47 heavy (non-hydrogen) atoms. The molecule has 6 rings (SSSR count). The maximum absolute atomic E-state index is 14.3. The molecule has 0 aliphatic heterocycles. The lowest BCUT2D eigenvalue weighted by atomic mass is 10.00. The van der Waals surface area contributed by atoms with Gasteiger partial charge in [-0.2, -0.15) is 5.10 Å². The Hall–Kier alpha value is -5.75. The molecule has 0 aliphatic carbocycles. The van der Waals surface area contributed by atoms with Gasteiger partial charge in [-0.3, -0.25) is 9.48 Å². The number of carbonyl (C=O) groups excluding carboxylic acids is 2. The molecule has 3 N–H and O–H groups in total. The largest absolute Gasteiger partial charge is 0.338 e. The summed E-state index contributed by atoms with van der Waals surface area (Å²) < 4.78 is 31.7. The zero-order valence-corrected chi connectivity index (χ0v) is 26.9. The molecule has 0 atom stereocenters. The molecule has 0 radical (unpaired) electrons. The van der Waals surface area contributed by atoms with Crippen LogP contribution in [0.25, 0.3) is 44.7 Å². The number of pyridine rings is 1. The summed E-state index contributed by atoms with van der Waals surface area (Å²) in [5.74, 6) is -0.239. The second-order valence-corrected chi connectivity index (χ2v) is 12.6. The van der Waals surface area contributed by atoms with Gasteiger partial charge >= 0.3 is 6.03 Å². The fourth-order valence-electron chi connectivity index (χ4n) is 5.45. The molecule has 238 valence electrons. The number of hydrogen-bond donors (Lipinski definition) is 3. The average Bonchev–Trinajstić information content (AvgIpc) is 3.68. The van der Waals surface area contributed by atoms with Gasteiger partial charge in [-0.25, -0.2) is 22.2 Å². The van der Waals surface area contributed by atoms with Crippen LogP contribution in [0.15, 0.2) is 108 Å². The molecule has 0 bridgehead atoms. The fourth-order valence-corrected chi connectivity index (χ4v) is 6.96. The highest BCUT2D eigenvalue weighted by atomic mass is 32.2. The Morgan fingerprint density at radius 2 is 1.57 bits per heavy atom. The van der Waals surface area contributed by atoms with Gasteiger partial charge in [-0.1, -0.05) is 42.5 Å². The molecule has 0 spiro atoms. The summed E-state index contributed by atoms with van der Waals surface area (Å²) >= 11 is 0. The zero-order chi connectivity index (χ0) is 33.1. The molecular formula is C35H33N7O4S. The Bertz CT molecular complexity index is 2210. The average molecular weight is 648 g/mol. The number of rotatable bonds is 9. The van der Waals surface area contributed by atoms with Crippen molar-refractivity contribution in [2.45, 2.75) is 32.2 Å². The van der Waals surface area contributed by atoms with Crippen LogP contribution in [0.5, 0.6) is 0 Å². The highest BCUT2D eigenvalue weighted by Crippen LogP contribution is 2.40. The summed E-state index contributed by atoms with van der Waals surface area (Å²) in [6.07, 6.45) is 3.53. The van der Waals surface area contributed by atoms with Crippen LogP contribution in [-0.2, 0) is 21.4 Å². The molecule has 0 saturated heterocycles. The second-order valence-electron chi connectivity index (χ2n) is 10.8. The van der Waals surface area contributed by atoms with E-state index in [4.69, 9.17) is 5.10 Å². The highest BCUT2D eigenvalue weighted by Gasteiger charge is 2.27. The maximum atomic E-state index is 14.3. The van der Waals surface area contributed by atoms with Gasteiger partial charge in [0.15, 0.2) is 5.65 Å². The first-order chi connectivity index (χ1) is 22.7. The Morgan fingerprint density at radius 3 is 2.28 bits per heavy atom. The van der Waals surface area contributed by atoms with Gasteiger partial charge < -0.3 is 16.0 Å². The molecule has 0 fully saturated rings. The van der Waals surface area contributed by atoms with Crippen molar-refractivity contribution in [3.63, 3.8) is 0 Å². The van der Waals surface area contributed by atoms with E-state index >= 15 is 0 Å². The predicted octanol–water partition coefficient (Wildman–Crippen LogP) is 6.59. The van der Waals surface area contributed by atoms with Crippen LogP contribution in [0.2, 0.25) is 0 Å². The first-order valence-electron chi connectivity index (χ1n) is 15.1. The minimum absolute atomic E-state index is 0.116. The Labute approximate surface area is 272 Å². The third kappa shape index (κ3) is 6.23. The molecule has 6 aromatic rings. The van der Waals surface area contributed by atoms with Crippen molar-refractivity contribution < 1.29 is 18.0 Å². The lowest BCUT2D eigenvalue weighted by molar-refractivity contribution is -0.114. The highest BCUT2D eigenvalue weighted by molar-refractivity contribution is 7.90. The summed E-state index contributed by atoms with van der Waals surface area (Å²) in [6, 6.07) is 26.0. The van der Waals surface area contributed by atoms with Crippen LogP contribution < -0.4 is 16.0 Å². The summed E-state index contributed by atoms with van der Waals surface area (Å²) in [6.45, 7) is 6.38. The molecule has 0 unspecified atom stereocenters. The maximum Gasteiger partial charge on any atom is 0.319 e. The van der Waals surface area contributed by atoms with Gasteiger partial charge in [0.05, 0.1) is 10.6 Å². The number of nitrogens with one attached hydrogen (secondary N) is 3. The Kier molecular flexibility index (Phi) is 8.59. The Balaban J connectivity index is 1.55. The predicted molar refractivity (Wildman–Crippen MR) is 184 cm³/mol. The molecule has 11 nitrogen and oxygen atoms in total. The summed E-state index contributed by atoms with van der Waals surface area (Å²) in [5.41, 5.74) is 5.44. The van der Waals surface area contributed by atoms with Crippen molar-refractivity contribution in [2.75, 3.05) is 17.2 Å². The number of fused-ring (bicyclic) bond motifs is 1. The standard InChI is InChI=1S/C35H33N7O4S/c1-4-36-35(44)39-26-16-14-24(15-17-26)33-31(22-41(5-2)40-33)29-18-19-37-34-30(29)21-32(25-10-9-11-27(20-25)38-23(3)43)42(34)47(45,46)28-12-7-6-8-13-28/h6-22H,4-5H2,1-3H3,(H,38,43)(H2,36,39,44). The number of urea groups is 1. The van der Waals surface area contributed by atoms with Crippen molar-refractivity contribution >= 4 is 44.4 Å². The monoisotopic (exact) mass is 647 g/mol. The van der Waals surface area contributed by atoms with Crippen LogP contribution in [-0.4, -0.2) is 45.6 Å². The van der Waals surface area contributed by atoms with Crippen molar-refractivity contribution in [1.29, 1.82) is 0 Å². The van der Waals surface area contributed by atoms with Gasteiger partial charge in [0.25, 0.3) is 10.0 Å². The first-order valence-corrected chi connectivity index (χ1v) is 16.6. The quantitative estimate of drug-likeness (QED) is 0.162. The number of aromatic nitrogens is 4. The number of anilines is 2. The fraction of sp³-hybridized carbons (Fsp3) is 0.143. The van der Waals surface area contributed by atoms with E-state index in [9.17, 15) is 18.0 Å². The molecule has 0 aliphatic rings. The zero-order valence-electron chi connectivity index (χ0n) is 26.1. The van der Waals surface area contributed by atoms with Crippen molar-refractivity contribution in [2.24, 2.45) is 0 Å². The Morgan fingerprint density at radius 1 is 0.809 bits per heavy atom. The van der Waals surface area contributed by atoms with Crippen molar-refractivity contribution in [3.8, 4) is 33.6 Å². The van der Waals surface area contributed by atoms with Crippen LogP contribution in [0, 0.1) is 0 Å². The van der Waals surface area contributed by atoms with Crippen LogP contribution in [0.1, 0.15) is 20.8 Å². The lowest BCUT2D eigenvalue weighted by Crippen LogP contribution is -2.28. The molecule has 3 aromatic carbocycles. The summed E-state index contributed by atoms with van der Waals surface area (Å²) in [4.78, 5) is 28.6. The summed E-state index contributed by atoms with van der Waals surface area (Å²) in [5, 5.41) is 13.8. The lowest BCUT2D eigenvalue weighted by Gasteiger charge is -2.13. The summed E-state index contributed by atoms with van der Waals surface area (Å²) in [7, 11) is -4.11. The number of benzene rings is 3. The number of carbonyl (C=O) groups is 2. The minimum Gasteiger partial charge on any atom is -0.338 e. The number of hydrogen-bond acceptors (Lipinski definition) is 6.